The van der Waals surface area contributed by atoms with Crippen LogP contribution in [0.4, 0.5) is 0 Å². The molecular weight excluding hydrogens is 200 g/mol. The maximum atomic E-state index is 11.9. The molecular formula is C13H16N2O. The first kappa shape index (κ1) is 10.9. The summed E-state index contributed by atoms with van der Waals surface area (Å²) < 4.78 is 1.75. The molecule has 0 aliphatic heterocycles. The molecule has 0 atom stereocenters. The van der Waals surface area contributed by atoms with Gasteiger partial charge in [-0.25, -0.2) is 4.79 Å². The van der Waals surface area contributed by atoms with Crippen molar-refractivity contribution < 1.29 is 0 Å². The minimum Gasteiger partial charge on any atom is -0.289 e. The van der Waals surface area contributed by atoms with Crippen LogP contribution in [0.5, 0.6) is 0 Å². The summed E-state index contributed by atoms with van der Waals surface area (Å²) >= 11 is 0. The second-order valence-electron chi connectivity index (χ2n) is 4.46. The summed E-state index contributed by atoms with van der Waals surface area (Å²) in [4.78, 5) is 15.9. The Labute approximate surface area is 94.7 Å². The number of rotatable bonds is 1. The van der Waals surface area contributed by atoms with Crippen molar-refractivity contribution in [2.24, 2.45) is 0 Å². The van der Waals surface area contributed by atoms with Crippen molar-refractivity contribution in [3.8, 4) is 0 Å². The molecule has 1 aromatic carbocycles. The van der Waals surface area contributed by atoms with E-state index in [-0.39, 0.29) is 11.7 Å². The van der Waals surface area contributed by atoms with Crippen LogP contribution in [0.25, 0.3) is 10.9 Å². The summed E-state index contributed by atoms with van der Waals surface area (Å²) in [6.07, 6.45) is 0. The highest BCUT2D eigenvalue weighted by Crippen LogP contribution is 2.19. The molecule has 1 aromatic heterocycles. The predicted molar refractivity (Wildman–Crippen MR) is 65.9 cm³/mol. The van der Waals surface area contributed by atoms with Crippen LogP contribution in [0.3, 0.4) is 0 Å². The van der Waals surface area contributed by atoms with Crippen molar-refractivity contribution in [1.29, 1.82) is 0 Å². The monoisotopic (exact) mass is 216 g/mol. The molecule has 0 radical (unpaired) electrons. The first-order valence-corrected chi connectivity index (χ1v) is 5.50. The molecule has 0 aliphatic rings. The highest BCUT2D eigenvalue weighted by atomic mass is 16.1. The highest BCUT2D eigenvalue weighted by molar-refractivity contribution is 5.81. The van der Waals surface area contributed by atoms with Crippen molar-refractivity contribution in [3.63, 3.8) is 0 Å². The number of hydrogen-bond acceptors (Lipinski definition) is 2. The van der Waals surface area contributed by atoms with Gasteiger partial charge in [0.2, 0.25) is 0 Å². The van der Waals surface area contributed by atoms with Crippen molar-refractivity contribution in [2.45, 2.75) is 33.7 Å². The van der Waals surface area contributed by atoms with Crippen LogP contribution in [0, 0.1) is 13.8 Å². The molecule has 2 aromatic rings. The summed E-state index contributed by atoms with van der Waals surface area (Å²) in [5.74, 6) is 0. The van der Waals surface area contributed by atoms with Crippen LogP contribution in [0.1, 0.15) is 31.1 Å². The Balaban J connectivity index is 2.98. The van der Waals surface area contributed by atoms with E-state index in [0.29, 0.717) is 0 Å². The average molecular weight is 216 g/mol. The summed E-state index contributed by atoms with van der Waals surface area (Å²) in [6, 6.07) is 6.26. The Morgan fingerprint density at radius 1 is 1.25 bits per heavy atom. The van der Waals surface area contributed by atoms with Gasteiger partial charge in [0.15, 0.2) is 0 Å². The highest BCUT2D eigenvalue weighted by Gasteiger charge is 2.09. The SMILES string of the molecule is Cc1ccc2c(C)nc(=O)n(C(C)C)c2c1. The lowest BCUT2D eigenvalue weighted by Crippen LogP contribution is -2.25. The largest absolute Gasteiger partial charge is 0.348 e. The van der Waals surface area contributed by atoms with Gasteiger partial charge in [0, 0.05) is 11.4 Å². The zero-order valence-electron chi connectivity index (χ0n) is 10.1. The van der Waals surface area contributed by atoms with E-state index in [0.717, 1.165) is 22.2 Å². The molecule has 0 saturated carbocycles. The fourth-order valence-corrected chi connectivity index (χ4v) is 2.01. The first-order valence-electron chi connectivity index (χ1n) is 5.50. The van der Waals surface area contributed by atoms with Gasteiger partial charge in [0.1, 0.15) is 0 Å². The number of aromatic nitrogens is 2. The zero-order valence-corrected chi connectivity index (χ0v) is 10.1. The van der Waals surface area contributed by atoms with Gasteiger partial charge in [-0.15, -0.1) is 0 Å². The maximum Gasteiger partial charge on any atom is 0.348 e. The Bertz CT molecular complexity index is 597. The standard InChI is InChI=1S/C13H16N2O/c1-8(2)15-12-7-9(3)5-6-11(12)10(4)14-13(15)16/h5-8H,1-4H3. The topological polar surface area (TPSA) is 34.9 Å². The van der Waals surface area contributed by atoms with E-state index in [1.165, 1.54) is 0 Å². The number of hydrogen-bond donors (Lipinski definition) is 0. The predicted octanol–water partition coefficient (Wildman–Crippen LogP) is 2.59. The Hall–Kier alpha value is -1.64. The van der Waals surface area contributed by atoms with Crippen molar-refractivity contribution in [3.05, 3.63) is 39.9 Å². The van der Waals surface area contributed by atoms with E-state index in [2.05, 4.69) is 4.98 Å². The third-order valence-corrected chi connectivity index (χ3v) is 2.79. The lowest BCUT2D eigenvalue weighted by atomic mass is 10.1. The van der Waals surface area contributed by atoms with Crippen LogP contribution >= 0.6 is 0 Å². The Kier molecular flexibility index (Phi) is 2.54. The third-order valence-electron chi connectivity index (χ3n) is 2.79. The fraction of sp³-hybridized carbons (Fsp3) is 0.385. The number of nitrogens with zero attached hydrogens (tertiary/aromatic N) is 2. The van der Waals surface area contributed by atoms with Gasteiger partial charge in [-0.3, -0.25) is 4.57 Å². The molecule has 2 rings (SSSR count). The molecule has 0 fully saturated rings. The second-order valence-corrected chi connectivity index (χ2v) is 4.46. The van der Waals surface area contributed by atoms with Gasteiger partial charge >= 0.3 is 5.69 Å². The molecule has 0 saturated heterocycles. The number of fused-ring (bicyclic) bond motifs is 1. The quantitative estimate of drug-likeness (QED) is 0.734. The zero-order chi connectivity index (χ0) is 11.9. The minimum atomic E-state index is -0.161. The molecule has 16 heavy (non-hydrogen) atoms. The van der Waals surface area contributed by atoms with Crippen molar-refractivity contribution >= 4 is 10.9 Å². The molecule has 84 valence electrons. The van der Waals surface area contributed by atoms with E-state index < -0.39 is 0 Å². The van der Waals surface area contributed by atoms with Crippen molar-refractivity contribution in [1.82, 2.24) is 9.55 Å². The lowest BCUT2D eigenvalue weighted by molar-refractivity contribution is 0.584. The molecule has 0 N–H and O–H groups in total. The van der Waals surface area contributed by atoms with Crippen LogP contribution < -0.4 is 5.69 Å². The average Bonchev–Trinajstić information content (AvgIpc) is 2.15. The lowest BCUT2D eigenvalue weighted by Gasteiger charge is -2.14. The molecule has 1 heterocycles. The van der Waals surface area contributed by atoms with Gasteiger partial charge in [0.05, 0.1) is 11.2 Å². The van der Waals surface area contributed by atoms with Crippen LogP contribution in [0.15, 0.2) is 23.0 Å². The normalized spacial score (nSPS) is 11.3. The fourth-order valence-electron chi connectivity index (χ4n) is 2.01. The molecule has 3 heteroatoms. The van der Waals surface area contributed by atoms with Gasteiger partial charge in [-0.05, 0) is 39.3 Å². The smallest absolute Gasteiger partial charge is 0.289 e. The van der Waals surface area contributed by atoms with Gasteiger partial charge < -0.3 is 0 Å². The summed E-state index contributed by atoms with van der Waals surface area (Å²) in [5, 5.41) is 1.05. The number of benzene rings is 1. The van der Waals surface area contributed by atoms with Gasteiger partial charge in [-0.1, -0.05) is 12.1 Å². The summed E-state index contributed by atoms with van der Waals surface area (Å²) in [5.41, 5.74) is 2.78. The molecule has 0 amide bonds. The summed E-state index contributed by atoms with van der Waals surface area (Å²) in [6.45, 7) is 7.91. The van der Waals surface area contributed by atoms with E-state index >= 15 is 0 Å². The molecule has 3 nitrogen and oxygen atoms in total. The van der Waals surface area contributed by atoms with Gasteiger partial charge in [-0.2, -0.15) is 4.98 Å². The van der Waals surface area contributed by atoms with E-state index in [4.69, 9.17) is 0 Å². The van der Waals surface area contributed by atoms with Crippen LogP contribution in [-0.4, -0.2) is 9.55 Å². The Morgan fingerprint density at radius 3 is 2.56 bits per heavy atom. The van der Waals surface area contributed by atoms with Crippen molar-refractivity contribution in [2.75, 3.05) is 0 Å². The van der Waals surface area contributed by atoms with Crippen LogP contribution in [-0.2, 0) is 0 Å². The van der Waals surface area contributed by atoms with E-state index in [1.807, 2.05) is 45.9 Å². The summed E-state index contributed by atoms with van der Waals surface area (Å²) in [7, 11) is 0. The second kappa shape index (κ2) is 3.74. The Morgan fingerprint density at radius 2 is 1.94 bits per heavy atom. The van der Waals surface area contributed by atoms with E-state index in [1.54, 1.807) is 4.57 Å². The third kappa shape index (κ3) is 1.62. The number of aryl methyl sites for hydroxylation is 2. The molecule has 0 unspecified atom stereocenters. The van der Waals surface area contributed by atoms with Crippen LogP contribution in [0.2, 0.25) is 0 Å². The molecule has 0 spiro atoms. The molecule has 0 bridgehead atoms. The maximum absolute atomic E-state index is 11.9. The molecule has 0 aliphatic carbocycles. The minimum absolute atomic E-state index is 0.130. The van der Waals surface area contributed by atoms with E-state index in [9.17, 15) is 4.79 Å². The first-order chi connectivity index (χ1) is 7.50. The van der Waals surface area contributed by atoms with Gasteiger partial charge in [0.25, 0.3) is 0 Å².